The number of nitrogens with one attached hydrogen (secondary N) is 2. The van der Waals surface area contributed by atoms with E-state index in [1.807, 2.05) is 11.6 Å². The van der Waals surface area contributed by atoms with Gasteiger partial charge < -0.3 is 14.8 Å². The van der Waals surface area contributed by atoms with Crippen LogP contribution in [0.25, 0.3) is 6.08 Å². The number of sulfonamides is 1. The molecule has 0 atom stereocenters. The molecule has 0 saturated heterocycles. The highest BCUT2D eigenvalue weighted by Gasteiger charge is 2.12. The van der Waals surface area contributed by atoms with Crippen LogP contribution in [0.4, 0.5) is 0 Å². The van der Waals surface area contributed by atoms with Crippen LogP contribution in [0.3, 0.4) is 0 Å². The van der Waals surface area contributed by atoms with E-state index >= 15 is 0 Å². The van der Waals surface area contributed by atoms with Crippen LogP contribution in [-0.2, 0) is 14.8 Å². The minimum atomic E-state index is -3.71. The zero-order chi connectivity index (χ0) is 19.4. The third-order valence-electron chi connectivity index (χ3n) is 3.23. The van der Waals surface area contributed by atoms with Crippen LogP contribution in [0.5, 0.6) is 11.5 Å². The lowest BCUT2D eigenvalue weighted by Gasteiger charge is -2.09. The SMILES string of the molecule is C=CCOc1ccc(C=CC(=O)NS(=O)(=O)CNCCCC)cc1OC. The summed E-state index contributed by atoms with van der Waals surface area (Å²) < 4.78 is 36.2. The second kappa shape index (κ2) is 11.3. The lowest BCUT2D eigenvalue weighted by atomic mass is 10.2. The van der Waals surface area contributed by atoms with Gasteiger partial charge in [-0.25, -0.2) is 13.1 Å². The van der Waals surface area contributed by atoms with Gasteiger partial charge in [0, 0.05) is 6.08 Å². The smallest absolute Gasteiger partial charge is 0.257 e. The molecule has 1 aromatic rings. The van der Waals surface area contributed by atoms with Crippen molar-refractivity contribution in [2.75, 3.05) is 26.1 Å². The molecule has 0 aliphatic heterocycles. The summed E-state index contributed by atoms with van der Waals surface area (Å²) in [5.41, 5.74) is 0.668. The van der Waals surface area contributed by atoms with Crippen molar-refractivity contribution in [3.05, 3.63) is 42.5 Å². The molecule has 1 aromatic carbocycles. The Morgan fingerprint density at radius 1 is 1.31 bits per heavy atom. The molecule has 0 radical (unpaired) electrons. The number of ether oxygens (including phenoxy) is 2. The van der Waals surface area contributed by atoms with Crippen LogP contribution in [-0.4, -0.2) is 40.5 Å². The molecule has 1 amide bonds. The zero-order valence-electron chi connectivity index (χ0n) is 15.2. The Bertz CT molecular complexity index is 729. The Morgan fingerprint density at radius 2 is 2.08 bits per heavy atom. The van der Waals surface area contributed by atoms with Crippen LogP contribution in [0, 0.1) is 0 Å². The molecule has 0 fully saturated rings. The van der Waals surface area contributed by atoms with Crippen molar-refractivity contribution < 1.29 is 22.7 Å². The van der Waals surface area contributed by atoms with Crippen LogP contribution >= 0.6 is 0 Å². The van der Waals surface area contributed by atoms with E-state index in [1.165, 1.54) is 13.2 Å². The molecule has 144 valence electrons. The zero-order valence-corrected chi connectivity index (χ0v) is 16.0. The van der Waals surface area contributed by atoms with E-state index in [-0.39, 0.29) is 5.88 Å². The van der Waals surface area contributed by atoms with E-state index in [0.29, 0.717) is 30.2 Å². The number of methoxy groups -OCH3 is 1. The topological polar surface area (TPSA) is 93.7 Å². The molecule has 7 nitrogen and oxygen atoms in total. The second-order valence-corrected chi connectivity index (χ2v) is 7.14. The van der Waals surface area contributed by atoms with Gasteiger partial charge in [-0.3, -0.25) is 4.79 Å². The van der Waals surface area contributed by atoms with Crippen LogP contribution in [0.1, 0.15) is 25.3 Å². The third kappa shape index (κ3) is 8.17. The maximum Gasteiger partial charge on any atom is 0.257 e. The number of carbonyl (C=O) groups excluding carboxylic acids is 1. The van der Waals surface area contributed by atoms with E-state index < -0.39 is 15.9 Å². The van der Waals surface area contributed by atoms with Crippen molar-refractivity contribution in [3.63, 3.8) is 0 Å². The molecular formula is C18H26N2O5S. The van der Waals surface area contributed by atoms with Crippen molar-refractivity contribution >= 4 is 22.0 Å². The summed E-state index contributed by atoms with van der Waals surface area (Å²) in [5, 5.41) is 2.78. The Hall–Kier alpha value is -2.32. The Morgan fingerprint density at radius 3 is 2.73 bits per heavy atom. The van der Waals surface area contributed by atoms with E-state index in [0.717, 1.165) is 18.9 Å². The first-order valence-electron chi connectivity index (χ1n) is 8.26. The Balaban J connectivity index is 2.65. The first kappa shape index (κ1) is 21.7. The fourth-order valence-corrected chi connectivity index (χ4v) is 2.82. The minimum Gasteiger partial charge on any atom is -0.493 e. The van der Waals surface area contributed by atoms with Gasteiger partial charge in [0.1, 0.15) is 12.5 Å². The largest absolute Gasteiger partial charge is 0.493 e. The van der Waals surface area contributed by atoms with Gasteiger partial charge in [-0.15, -0.1) is 0 Å². The van der Waals surface area contributed by atoms with Gasteiger partial charge in [-0.2, -0.15) is 0 Å². The summed E-state index contributed by atoms with van der Waals surface area (Å²) in [6.07, 6.45) is 6.10. The average molecular weight is 382 g/mol. The van der Waals surface area contributed by atoms with Gasteiger partial charge in [0.05, 0.1) is 7.11 Å². The van der Waals surface area contributed by atoms with Gasteiger partial charge in [0.2, 0.25) is 10.0 Å². The van der Waals surface area contributed by atoms with Gasteiger partial charge in [0.15, 0.2) is 11.5 Å². The third-order valence-corrected chi connectivity index (χ3v) is 4.32. The lowest BCUT2D eigenvalue weighted by Crippen LogP contribution is -2.36. The summed E-state index contributed by atoms with van der Waals surface area (Å²) in [7, 11) is -2.20. The number of carbonyl (C=O) groups is 1. The van der Waals surface area contributed by atoms with Crippen LogP contribution < -0.4 is 19.5 Å². The monoisotopic (exact) mass is 382 g/mol. The summed E-state index contributed by atoms with van der Waals surface area (Å²) in [5.74, 6) is 0.0422. The van der Waals surface area contributed by atoms with E-state index in [9.17, 15) is 13.2 Å². The summed E-state index contributed by atoms with van der Waals surface area (Å²) >= 11 is 0. The molecule has 2 N–H and O–H groups in total. The number of amides is 1. The molecule has 0 bridgehead atoms. The van der Waals surface area contributed by atoms with E-state index in [1.54, 1.807) is 24.3 Å². The fourth-order valence-electron chi connectivity index (χ4n) is 1.96. The first-order valence-corrected chi connectivity index (χ1v) is 9.92. The molecule has 0 heterocycles. The number of hydrogen-bond acceptors (Lipinski definition) is 6. The lowest BCUT2D eigenvalue weighted by molar-refractivity contribution is -0.114. The quantitative estimate of drug-likeness (QED) is 0.327. The molecule has 0 aliphatic rings. The van der Waals surface area contributed by atoms with Gasteiger partial charge in [0.25, 0.3) is 5.91 Å². The predicted octanol–water partition coefficient (Wildman–Crippen LogP) is 2.07. The van der Waals surface area contributed by atoms with Crippen LogP contribution in [0.15, 0.2) is 36.9 Å². The maximum absolute atomic E-state index is 11.8. The van der Waals surface area contributed by atoms with Gasteiger partial charge >= 0.3 is 0 Å². The number of rotatable bonds is 12. The number of unbranched alkanes of at least 4 members (excludes halogenated alkanes) is 1. The minimum absolute atomic E-state index is 0.296. The normalized spacial score (nSPS) is 11.3. The first-order chi connectivity index (χ1) is 12.4. The van der Waals surface area contributed by atoms with Crippen molar-refractivity contribution in [3.8, 4) is 11.5 Å². The average Bonchev–Trinajstić information content (AvgIpc) is 2.61. The summed E-state index contributed by atoms with van der Waals surface area (Å²) in [6, 6.07) is 5.11. The molecular weight excluding hydrogens is 356 g/mol. The van der Waals surface area contributed by atoms with Gasteiger partial charge in [-0.05, 0) is 36.7 Å². The molecule has 0 saturated carbocycles. The molecule has 8 heteroatoms. The number of benzene rings is 1. The highest BCUT2D eigenvalue weighted by molar-refractivity contribution is 7.90. The maximum atomic E-state index is 11.8. The highest BCUT2D eigenvalue weighted by Crippen LogP contribution is 2.28. The Kier molecular flexibility index (Phi) is 9.46. The molecule has 0 spiro atoms. The fraction of sp³-hybridized carbons (Fsp3) is 0.389. The number of hydrogen-bond donors (Lipinski definition) is 2. The highest BCUT2D eigenvalue weighted by atomic mass is 32.2. The van der Waals surface area contributed by atoms with Crippen molar-refractivity contribution in [2.24, 2.45) is 0 Å². The van der Waals surface area contributed by atoms with Crippen molar-refractivity contribution in [1.82, 2.24) is 10.0 Å². The van der Waals surface area contributed by atoms with E-state index in [2.05, 4.69) is 11.9 Å². The van der Waals surface area contributed by atoms with Gasteiger partial charge in [-0.1, -0.05) is 32.1 Å². The predicted molar refractivity (Wildman–Crippen MR) is 103 cm³/mol. The van der Waals surface area contributed by atoms with Crippen molar-refractivity contribution in [1.29, 1.82) is 0 Å². The van der Waals surface area contributed by atoms with E-state index in [4.69, 9.17) is 9.47 Å². The molecule has 0 aliphatic carbocycles. The molecule has 0 unspecified atom stereocenters. The standard InChI is InChI=1S/C18H26N2O5S/c1-4-6-11-19-14-26(22,23)20-18(21)10-8-15-7-9-16(25-12-5-2)17(13-15)24-3/h5,7-10,13,19H,2,4,6,11-12,14H2,1,3H3,(H,20,21). The Labute approximate surface area is 155 Å². The van der Waals surface area contributed by atoms with Crippen LogP contribution in [0.2, 0.25) is 0 Å². The summed E-state index contributed by atoms with van der Waals surface area (Å²) in [6.45, 7) is 6.52. The molecule has 26 heavy (non-hydrogen) atoms. The molecule has 1 rings (SSSR count). The van der Waals surface area contributed by atoms with Crippen molar-refractivity contribution in [2.45, 2.75) is 19.8 Å². The molecule has 0 aromatic heterocycles. The second-order valence-electron chi connectivity index (χ2n) is 5.42. The summed E-state index contributed by atoms with van der Waals surface area (Å²) in [4.78, 5) is 11.8.